The number of ether oxygens (including phenoxy) is 1. The van der Waals surface area contributed by atoms with Crippen molar-refractivity contribution < 1.29 is 38.6 Å². The smallest absolute Gasteiger partial charge is 0.342 e. The number of β-lactam (4-membered cyclic amide) rings is 1. The zero-order valence-corrected chi connectivity index (χ0v) is 19.8. The van der Waals surface area contributed by atoms with Gasteiger partial charge in [0, 0.05) is 10.3 Å². The number of nitrogens with one attached hydrogen (secondary N) is 1. The second kappa shape index (κ2) is 8.81. The van der Waals surface area contributed by atoms with E-state index in [0.717, 1.165) is 19.3 Å². The van der Waals surface area contributed by atoms with Crippen molar-refractivity contribution in [2.75, 3.05) is 7.11 Å². The Morgan fingerprint density at radius 2 is 1.71 bits per heavy atom. The van der Waals surface area contributed by atoms with Crippen LogP contribution in [0.3, 0.4) is 0 Å². The lowest BCUT2D eigenvalue weighted by molar-refractivity contribution is -0.161. The number of carbonyl (C=O) groups is 6. The molecule has 4 atom stereocenters. The zero-order valence-electron chi connectivity index (χ0n) is 19.0. The molecule has 0 aromatic heterocycles. The summed E-state index contributed by atoms with van der Waals surface area (Å²) in [5.41, 5.74) is -0.573. The molecule has 2 fully saturated rings. The van der Waals surface area contributed by atoms with E-state index in [4.69, 9.17) is 4.74 Å². The van der Waals surface area contributed by atoms with Crippen LogP contribution in [0.5, 0.6) is 0 Å². The van der Waals surface area contributed by atoms with Crippen LogP contribution in [0.1, 0.15) is 25.3 Å². The number of ketones is 2. The molecule has 1 aliphatic carbocycles. The zero-order chi connectivity index (χ0) is 25.7. The summed E-state index contributed by atoms with van der Waals surface area (Å²) in [7, 11) is 1.06. The highest BCUT2D eigenvalue weighted by Gasteiger charge is 2.64. The Labute approximate surface area is 204 Å². The number of aliphatic carboxylic acids is 1. The van der Waals surface area contributed by atoms with Crippen LogP contribution < -0.4 is 5.32 Å². The first kappa shape index (κ1) is 24.4. The molecule has 11 heteroatoms. The number of fused-ring (bicyclic) bond motifs is 1. The highest BCUT2D eigenvalue weighted by Crippen LogP contribution is 2.51. The number of carboxylic acid groups (broad SMARTS) is 1. The number of esters is 1. The molecule has 10 nitrogen and oxygen atoms in total. The average Bonchev–Trinajstić information content (AvgIpc) is 3.08. The topological polar surface area (TPSA) is 147 Å². The van der Waals surface area contributed by atoms with Gasteiger partial charge in [-0.05, 0) is 31.6 Å². The van der Waals surface area contributed by atoms with E-state index < -0.39 is 69.0 Å². The molecule has 0 saturated carbocycles. The third kappa shape index (κ3) is 3.95. The first-order chi connectivity index (χ1) is 16.5. The molecule has 2 saturated heterocycles. The minimum atomic E-state index is -1.39. The minimum Gasteiger partial charge on any atom is -0.480 e. The van der Waals surface area contributed by atoms with E-state index in [-0.39, 0.29) is 5.57 Å². The summed E-state index contributed by atoms with van der Waals surface area (Å²) < 4.78 is 3.90. The van der Waals surface area contributed by atoms with Crippen molar-refractivity contribution in [2.24, 2.45) is 0 Å². The van der Waals surface area contributed by atoms with E-state index in [0.29, 0.717) is 5.56 Å². The fraction of sp³-hybridized carbons (Fsp3) is 0.333. The lowest BCUT2D eigenvalue weighted by atomic mass is 9.81. The monoisotopic (exact) mass is 498 g/mol. The van der Waals surface area contributed by atoms with Crippen LogP contribution >= 0.6 is 11.8 Å². The van der Waals surface area contributed by atoms with Gasteiger partial charge in [-0.15, -0.1) is 11.8 Å². The lowest BCUT2D eigenvalue weighted by Gasteiger charge is -2.44. The number of nitrogens with zero attached hydrogens (tertiary/aromatic N) is 1. The molecule has 1 aromatic rings. The van der Waals surface area contributed by atoms with Crippen molar-refractivity contribution in [1.29, 1.82) is 0 Å². The van der Waals surface area contributed by atoms with E-state index in [1.807, 2.05) is 0 Å². The average molecular weight is 499 g/mol. The molecule has 3 aliphatic rings. The summed E-state index contributed by atoms with van der Waals surface area (Å²) in [4.78, 5) is 77.3. The van der Waals surface area contributed by atoms with Gasteiger partial charge in [0.15, 0.2) is 11.6 Å². The molecule has 0 radical (unpaired) electrons. The summed E-state index contributed by atoms with van der Waals surface area (Å²) in [5, 5.41) is 11.6. The Balaban J connectivity index is 1.72. The van der Waals surface area contributed by atoms with Crippen LogP contribution in [0.4, 0.5) is 0 Å². The molecular formula is C24H22N2O8S. The molecule has 0 bridgehead atoms. The predicted octanol–water partition coefficient (Wildman–Crippen LogP) is 0.580. The maximum atomic E-state index is 13.6. The fourth-order valence-electron chi connectivity index (χ4n) is 4.66. The van der Waals surface area contributed by atoms with Crippen molar-refractivity contribution in [3.63, 3.8) is 0 Å². The van der Waals surface area contributed by atoms with E-state index in [2.05, 4.69) is 5.32 Å². The fourth-order valence-corrected chi connectivity index (χ4v) is 6.28. The third-order valence-electron chi connectivity index (χ3n) is 6.21. The number of thioether (sulfide) groups is 1. The predicted molar refractivity (Wildman–Crippen MR) is 123 cm³/mol. The number of allylic oxidation sites excluding steroid dienone is 2. The van der Waals surface area contributed by atoms with Crippen LogP contribution in [-0.4, -0.2) is 74.6 Å². The van der Waals surface area contributed by atoms with Crippen LogP contribution in [0.25, 0.3) is 0 Å². The first-order valence-electron chi connectivity index (χ1n) is 10.7. The number of rotatable bonds is 6. The molecule has 0 unspecified atom stereocenters. The largest absolute Gasteiger partial charge is 0.480 e. The maximum Gasteiger partial charge on any atom is 0.342 e. The summed E-state index contributed by atoms with van der Waals surface area (Å²) in [6.07, 6.45) is 1.92. The van der Waals surface area contributed by atoms with Crippen molar-refractivity contribution in [3.8, 4) is 0 Å². The molecule has 1 aromatic carbocycles. The van der Waals surface area contributed by atoms with Crippen LogP contribution in [0.15, 0.2) is 53.6 Å². The third-order valence-corrected chi connectivity index (χ3v) is 7.78. The van der Waals surface area contributed by atoms with Crippen molar-refractivity contribution in [1.82, 2.24) is 10.2 Å². The summed E-state index contributed by atoms with van der Waals surface area (Å²) in [6, 6.07) is 5.98. The van der Waals surface area contributed by atoms with Gasteiger partial charge >= 0.3 is 11.9 Å². The van der Waals surface area contributed by atoms with Crippen molar-refractivity contribution in [2.45, 2.75) is 42.0 Å². The Morgan fingerprint density at radius 3 is 2.31 bits per heavy atom. The Bertz CT molecular complexity index is 1220. The van der Waals surface area contributed by atoms with Crippen LogP contribution in [-0.2, 0) is 33.5 Å². The van der Waals surface area contributed by atoms with Crippen molar-refractivity contribution in [3.05, 3.63) is 59.2 Å². The number of carbonyl (C=O) groups excluding carboxylic acids is 5. The van der Waals surface area contributed by atoms with Gasteiger partial charge in [0.2, 0.25) is 11.8 Å². The number of hydrogen-bond acceptors (Lipinski definition) is 8. The second-order valence-electron chi connectivity index (χ2n) is 8.77. The lowest BCUT2D eigenvalue weighted by Crippen LogP contribution is -2.71. The van der Waals surface area contributed by atoms with Gasteiger partial charge in [0.25, 0.3) is 0 Å². The van der Waals surface area contributed by atoms with E-state index in [9.17, 15) is 33.9 Å². The molecule has 182 valence electrons. The summed E-state index contributed by atoms with van der Waals surface area (Å²) in [5.74, 6) is -6.41. The van der Waals surface area contributed by atoms with Crippen LogP contribution in [0.2, 0.25) is 0 Å². The molecule has 2 amide bonds. The maximum absolute atomic E-state index is 13.6. The first-order valence-corrected chi connectivity index (χ1v) is 11.5. The molecular weight excluding hydrogens is 476 g/mol. The molecule has 2 heterocycles. The summed E-state index contributed by atoms with van der Waals surface area (Å²) in [6.45, 7) is 3.42. The van der Waals surface area contributed by atoms with Gasteiger partial charge in [0.1, 0.15) is 23.0 Å². The number of hydrogen-bond donors (Lipinski definition) is 2. The van der Waals surface area contributed by atoms with E-state index in [1.165, 1.54) is 16.7 Å². The summed E-state index contributed by atoms with van der Waals surface area (Å²) >= 11 is 1.25. The molecule has 0 spiro atoms. The molecule has 4 rings (SSSR count). The van der Waals surface area contributed by atoms with Gasteiger partial charge in [-0.2, -0.15) is 0 Å². The van der Waals surface area contributed by atoms with E-state index in [1.54, 1.807) is 44.2 Å². The number of carboxylic acids is 1. The van der Waals surface area contributed by atoms with Crippen LogP contribution in [0, 0.1) is 0 Å². The SMILES string of the molecule is COC(=O)C1=C([C@H](C(=O)N[C@@H]2C(=O)N3[C@@H]2SC(C)(C)[C@@H]3C(=O)O)c2ccccc2)C(=O)C=CC1=O. The normalized spacial score (nSPS) is 25.6. The number of benzene rings is 1. The molecule has 35 heavy (non-hydrogen) atoms. The second-order valence-corrected chi connectivity index (χ2v) is 10.5. The molecule has 2 N–H and O–H groups in total. The standard InChI is InChI=1S/C24H22N2O8S/c1-24(2)18(22(31)32)26-20(30)17(21(26)35-24)25-19(29)14(11-7-5-4-6-8-11)15-12(27)9-10-13(28)16(15)23(33)34-3/h4-10,14,17-18,21H,1-3H3,(H,25,29)(H,31,32)/t14-,17-,18+,21-/m1/s1. The molecule has 2 aliphatic heterocycles. The number of amides is 2. The van der Waals surface area contributed by atoms with Gasteiger partial charge in [0.05, 0.1) is 13.0 Å². The Hall–Kier alpha value is -3.73. The highest BCUT2D eigenvalue weighted by molar-refractivity contribution is 8.01. The highest BCUT2D eigenvalue weighted by atomic mass is 32.2. The van der Waals surface area contributed by atoms with Gasteiger partial charge in [-0.3, -0.25) is 19.2 Å². The quantitative estimate of drug-likeness (QED) is 0.249. The van der Waals surface area contributed by atoms with Crippen molar-refractivity contribution >= 4 is 47.1 Å². The number of methoxy groups -OCH3 is 1. The minimum absolute atomic E-state index is 0.323. The van der Waals surface area contributed by atoms with Gasteiger partial charge in [-0.1, -0.05) is 30.3 Å². The van der Waals surface area contributed by atoms with Gasteiger partial charge < -0.3 is 20.1 Å². The van der Waals surface area contributed by atoms with Gasteiger partial charge in [-0.25, -0.2) is 9.59 Å². The van der Waals surface area contributed by atoms with E-state index >= 15 is 0 Å². The Kier molecular flexibility index (Phi) is 6.14. The Morgan fingerprint density at radius 1 is 1.09 bits per heavy atom.